The number of ether oxygens (including phenoxy) is 2. The first-order valence-electron chi connectivity index (χ1n) is 11.7. The van der Waals surface area contributed by atoms with Crippen LogP contribution < -0.4 is 19.7 Å². The van der Waals surface area contributed by atoms with Gasteiger partial charge in [-0.3, -0.25) is 9.32 Å². The quantitative estimate of drug-likeness (QED) is 0.177. The molecule has 3 aromatic rings. The first kappa shape index (κ1) is 28.1. The zero-order chi connectivity index (χ0) is 28.2. The van der Waals surface area contributed by atoms with E-state index in [4.69, 9.17) is 18.8 Å². The van der Waals surface area contributed by atoms with E-state index in [0.717, 1.165) is 23.8 Å². The molecular formula is C27H27FNO9P. The van der Waals surface area contributed by atoms with Crippen LogP contribution in [0, 0.1) is 5.82 Å². The summed E-state index contributed by atoms with van der Waals surface area (Å²) in [5.74, 6) is 0.182. The summed E-state index contributed by atoms with van der Waals surface area (Å²) in [6.45, 7) is 2.10. The fourth-order valence-electron chi connectivity index (χ4n) is 4.15. The Bertz CT molecular complexity index is 1460. The number of carbonyl (C=O) groups is 1. The molecule has 2 aromatic carbocycles. The molecule has 1 aliphatic carbocycles. The molecule has 0 fully saturated rings. The van der Waals surface area contributed by atoms with Gasteiger partial charge < -0.3 is 29.0 Å². The van der Waals surface area contributed by atoms with Crippen LogP contribution in [0.25, 0.3) is 17.2 Å². The molecule has 1 aromatic heterocycles. The zero-order valence-corrected chi connectivity index (χ0v) is 22.5. The number of carbonyl (C=O) groups excluding carboxylic acids is 1. The summed E-state index contributed by atoms with van der Waals surface area (Å²) in [6, 6.07) is 11.1. The van der Waals surface area contributed by atoms with Crippen LogP contribution in [0.4, 0.5) is 4.39 Å². The van der Waals surface area contributed by atoms with Gasteiger partial charge in [0.25, 0.3) is 0 Å². The van der Waals surface area contributed by atoms with Crippen molar-refractivity contribution in [2.45, 2.75) is 19.9 Å². The van der Waals surface area contributed by atoms with Crippen molar-refractivity contribution in [3.63, 3.8) is 0 Å². The summed E-state index contributed by atoms with van der Waals surface area (Å²) in [4.78, 5) is 27.3. The molecule has 0 aliphatic heterocycles. The van der Waals surface area contributed by atoms with Crippen LogP contribution in [-0.4, -0.2) is 32.1 Å². The van der Waals surface area contributed by atoms with E-state index < -0.39 is 13.6 Å². The van der Waals surface area contributed by atoms with Gasteiger partial charge in [0, 0.05) is 7.11 Å². The maximum atomic E-state index is 14.3. The lowest BCUT2D eigenvalue weighted by molar-refractivity contribution is -0.127. The minimum atomic E-state index is -4.44. The van der Waals surface area contributed by atoms with Gasteiger partial charge in [-0.15, -0.1) is 0 Å². The third-order valence-corrected chi connectivity index (χ3v) is 6.79. The van der Waals surface area contributed by atoms with Crippen molar-refractivity contribution in [3.05, 3.63) is 82.6 Å². The topological polar surface area (TPSA) is 126 Å². The van der Waals surface area contributed by atoms with Crippen molar-refractivity contribution in [2.24, 2.45) is 0 Å². The number of hydrogen-bond acceptors (Lipinski definition) is 8. The van der Waals surface area contributed by atoms with Gasteiger partial charge in [0.05, 0.1) is 33.4 Å². The highest BCUT2D eigenvalue weighted by atomic mass is 31.2. The van der Waals surface area contributed by atoms with Crippen molar-refractivity contribution in [1.29, 1.82) is 0 Å². The Kier molecular flexibility index (Phi) is 8.57. The van der Waals surface area contributed by atoms with Gasteiger partial charge >= 0.3 is 7.82 Å². The SMILES string of the molecule is COc1cc(C=C2C(C)=C(CC(=O)NCc3ccco3)c3cc(F)ccc32)cc(OC)c1OOP(=O)(O)OC. The number of rotatable bonds is 11. The molecule has 0 bridgehead atoms. The molecule has 1 unspecified atom stereocenters. The number of fused-ring (bicyclic) bond motifs is 1. The van der Waals surface area contributed by atoms with Crippen molar-refractivity contribution in [1.82, 2.24) is 5.32 Å². The van der Waals surface area contributed by atoms with Crippen LogP contribution in [0.1, 0.15) is 35.8 Å². The number of allylic oxidation sites excluding steroid dienone is 2. The second kappa shape index (κ2) is 11.9. The Morgan fingerprint density at radius 1 is 1.10 bits per heavy atom. The summed E-state index contributed by atoms with van der Waals surface area (Å²) in [5, 5.41) is 2.82. The van der Waals surface area contributed by atoms with Gasteiger partial charge in [-0.25, -0.2) is 8.96 Å². The molecular weight excluding hydrogens is 532 g/mol. The summed E-state index contributed by atoms with van der Waals surface area (Å²) in [6.07, 6.45) is 3.40. The van der Waals surface area contributed by atoms with Crippen LogP contribution in [0.5, 0.6) is 17.2 Å². The minimum Gasteiger partial charge on any atom is -0.493 e. The normalized spacial score (nSPS) is 15.2. The average Bonchev–Trinajstić information content (AvgIpc) is 3.53. The summed E-state index contributed by atoms with van der Waals surface area (Å²) in [5.41, 5.74) is 4.25. The van der Waals surface area contributed by atoms with Crippen LogP contribution in [0.3, 0.4) is 0 Å². The van der Waals surface area contributed by atoms with Gasteiger partial charge in [-0.2, -0.15) is 0 Å². The molecule has 1 atom stereocenters. The fraction of sp³-hybridized carbons (Fsp3) is 0.222. The molecule has 10 nitrogen and oxygen atoms in total. The minimum absolute atomic E-state index is 0.0395. The maximum Gasteiger partial charge on any atom is 0.508 e. The maximum absolute atomic E-state index is 14.3. The lowest BCUT2D eigenvalue weighted by Gasteiger charge is -2.15. The molecule has 1 aliphatic rings. The number of benzene rings is 2. The van der Waals surface area contributed by atoms with Crippen molar-refractivity contribution < 1.29 is 46.6 Å². The lowest BCUT2D eigenvalue weighted by atomic mass is 10.00. The lowest BCUT2D eigenvalue weighted by Crippen LogP contribution is -2.22. The standard InChI is InChI=1S/C27H27FNO9P/c1-16-21(10-17-11-24(33-2)27(25(12-17)34-3)37-38-39(31,32)35-4)20-8-7-18(28)13-23(20)22(16)14-26(30)29-15-19-6-5-9-36-19/h5-13H,14-15H2,1-4H3,(H,29,30)(H,31,32). The molecule has 2 N–H and O–H groups in total. The fourth-order valence-corrected chi connectivity index (χ4v) is 4.38. The van der Waals surface area contributed by atoms with E-state index in [2.05, 4.69) is 14.5 Å². The molecule has 1 amide bonds. The van der Waals surface area contributed by atoms with E-state index >= 15 is 0 Å². The smallest absolute Gasteiger partial charge is 0.493 e. The number of hydrogen-bond donors (Lipinski definition) is 2. The molecule has 12 heteroatoms. The first-order valence-corrected chi connectivity index (χ1v) is 13.2. The summed E-state index contributed by atoms with van der Waals surface area (Å²) in [7, 11) is -0.689. The molecule has 39 heavy (non-hydrogen) atoms. The second-order valence-electron chi connectivity index (χ2n) is 8.45. The van der Waals surface area contributed by atoms with Gasteiger partial charge in [0.1, 0.15) is 11.6 Å². The van der Waals surface area contributed by atoms with Crippen molar-refractivity contribution >= 4 is 31.0 Å². The van der Waals surface area contributed by atoms with E-state index in [1.807, 2.05) is 13.0 Å². The monoisotopic (exact) mass is 559 g/mol. The van der Waals surface area contributed by atoms with Gasteiger partial charge in [-0.1, -0.05) is 10.7 Å². The Labute approximate surface area is 224 Å². The summed E-state index contributed by atoms with van der Waals surface area (Å²) < 4.78 is 50.8. The Hall–Kier alpha value is -3.89. The largest absolute Gasteiger partial charge is 0.508 e. The molecule has 4 rings (SSSR count). The van der Waals surface area contributed by atoms with Crippen LogP contribution in [-0.2, 0) is 25.1 Å². The Morgan fingerprint density at radius 2 is 1.82 bits per heavy atom. The second-order valence-corrected chi connectivity index (χ2v) is 9.90. The van der Waals surface area contributed by atoms with Crippen molar-refractivity contribution in [3.8, 4) is 17.2 Å². The molecule has 0 spiro atoms. The zero-order valence-electron chi connectivity index (χ0n) is 21.6. The van der Waals surface area contributed by atoms with Crippen LogP contribution in [0.15, 0.2) is 58.7 Å². The van der Waals surface area contributed by atoms with E-state index in [1.54, 1.807) is 30.3 Å². The van der Waals surface area contributed by atoms with Crippen molar-refractivity contribution in [2.75, 3.05) is 21.3 Å². The number of amides is 1. The van der Waals surface area contributed by atoms with E-state index in [-0.39, 0.29) is 36.1 Å². The first-order chi connectivity index (χ1) is 18.7. The predicted octanol–water partition coefficient (Wildman–Crippen LogP) is 5.53. The molecule has 0 radical (unpaired) electrons. The highest BCUT2D eigenvalue weighted by molar-refractivity contribution is 7.47. The van der Waals surface area contributed by atoms with Gasteiger partial charge in [-0.05, 0) is 82.8 Å². The number of methoxy groups -OCH3 is 2. The van der Waals surface area contributed by atoms with Crippen LogP contribution >= 0.6 is 7.82 Å². The molecule has 0 saturated heterocycles. The number of halogens is 1. The molecule has 206 valence electrons. The summed E-state index contributed by atoms with van der Waals surface area (Å²) >= 11 is 0. The van der Waals surface area contributed by atoms with E-state index in [0.29, 0.717) is 22.5 Å². The highest BCUT2D eigenvalue weighted by Gasteiger charge is 2.27. The van der Waals surface area contributed by atoms with E-state index in [1.165, 1.54) is 32.6 Å². The van der Waals surface area contributed by atoms with Crippen LogP contribution in [0.2, 0.25) is 0 Å². The molecule has 0 saturated carbocycles. The third-order valence-electron chi connectivity index (χ3n) is 6.07. The number of nitrogens with one attached hydrogen (secondary N) is 1. The number of phosphoric acid groups is 1. The van der Waals surface area contributed by atoms with Gasteiger partial charge in [0.2, 0.25) is 11.7 Å². The van der Waals surface area contributed by atoms with E-state index in [9.17, 15) is 18.6 Å². The third kappa shape index (κ3) is 6.40. The Morgan fingerprint density at radius 3 is 2.44 bits per heavy atom. The number of furan rings is 1. The predicted molar refractivity (Wildman–Crippen MR) is 140 cm³/mol. The Balaban J connectivity index is 1.68. The highest BCUT2D eigenvalue weighted by Crippen LogP contribution is 2.48. The molecule has 1 heterocycles. The number of phosphoric ester groups is 1. The average molecular weight is 559 g/mol. The van der Waals surface area contributed by atoms with Gasteiger partial charge in [0.15, 0.2) is 11.5 Å².